The highest BCUT2D eigenvalue weighted by molar-refractivity contribution is 6.74. The first-order valence-electron chi connectivity index (χ1n) is 9.21. The molecule has 0 N–H and O–H groups in total. The van der Waals surface area contributed by atoms with Gasteiger partial charge in [-0.2, -0.15) is 0 Å². The summed E-state index contributed by atoms with van der Waals surface area (Å²) in [5.74, 6) is 0.0173. The summed E-state index contributed by atoms with van der Waals surface area (Å²) in [5.41, 5.74) is 0.736. The third kappa shape index (κ3) is 4.35. The molecule has 1 aromatic carbocycles. The average Bonchev–Trinajstić information content (AvgIpc) is 2.55. The molecule has 27 heavy (non-hydrogen) atoms. The number of anilines is 1. The molecule has 3 atom stereocenters. The lowest BCUT2D eigenvalue weighted by Crippen LogP contribution is -2.71. The Morgan fingerprint density at radius 3 is 2.19 bits per heavy atom. The zero-order valence-corrected chi connectivity index (χ0v) is 18.5. The van der Waals surface area contributed by atoms with Crippen molar-refractivity contribution >= 4 is 25.9 Å². The average molecular weight is 394 g/mol. The van der Waals surface area contributed by atoms with Crippen molar-refractivity contribution in [1.82, 2.24) is 0 Å². The fraction of sp³-hybridized carbons (Fsp3) is 0.600. The van der Waals surface area contributed by atoms with Gasteiger partial charge >= 0.3 is 5.97 Å². The molecule has 1 heterocycles. The lowest BCUT2D eigenvalue weighted by Gasteiger charge is -2.50. The molecule has 2 rings (SSSR count). The predicted octanol–water partition coefficient (Wildman–Crippen LogP) is 3.75. The first kappa shape index (κ1) is 21.4. The number of amides is 1. The molecule has 1 fully saturated rings. The van der Waals surface area contributed by atoms with Crippen LogP contribution in [0.4, 0.5) is 5.69 Å². The number of ether oxygens (including phenoxy) is 2. The quantitative estimate of drug-likeness (QED) is 0.418. The van der Waals surface area contributed by atoms with Gasteiger partial charge in [0.1, 0.15) is 11.8 Å². The van der Waals surface area contributed by atoms with Crippen LogP contribution in [-0.4, -0.2) is 45.6 Å². The van der Waals surface area contributed by atoms with E-state index in [1.807, 2.05) is 19.1 Å². The Morgan fingerprint density at radius 1 is 1.19 bits per heavy atom. The number of rotatable bonds is 6. The van der Waals surface area contributed by atoms with Crippen molar-refractivity contribution in [2.45, 2.75) is 71.0 Å². The first-order chi connectivity index (χ1) is 12.4. The smallest absolute Gasteiger partial charge is 0.303 e. The molecular weight excluding hydrogens is 362 g/mol. The van der Waals surface area contributed by atoms with E-state index in [0.29, 0.717) is 5.75 Å². The Balaban J connectivity index is 2.30. The van der Waals surface area contributed by atoms with Crippen molar-refractivity contribution in [2.75, 3.05) is 12.0 Å². The van der Waals surface area contributed by atoms with Gasteiger partial charge in [-0.15, -0.1) is 0 Å². The van der Waals surface area contributed by atoms with Gasteiger partial charge in [0.2, 0.25) is 6.10 Å². The van der Waals surface area contributed by atoms with Gasteiger partial charge in [0.25, 0.3) is 5.91 Å². The number of carbonyl (C=O) groups is 2. The number of carbonyl (C=O) groups excluding carboxylic acids is 2. The molecule has 0 bridgehead atoms. The van der Waals surface area contributed by atoms with E-state index in [-0.39, 0.29) is 23.1 Å². The summed E-state index contributed by atoms with van der Waals surface area (Å²) in [5, 5.41) is 0.0386. The third-order valence-corrected chi connectivity index (χ3v) is 10.1. The summed E-state index contributed by atoms with van der Waals surface area (Å²) in [6.07, 6.45) is -1.08. The monoisotopic (exact) mass is 393 g/mol. The van der Waals surface area contributed by atoms with Crippen molar-refractivity contribution < 1.29 is 23.5 Å². The minimum absolute atomic E-state index is 0.0386. The highest BCUT2D eigenvalue weighted by Crippen LogP contribution is 2.40. The Hall–Kier alpha value is -1.86. The second-order valence-electron chi connectivity index (χ2n) is 8.51. The van der Waals surface area contributed by atoms with Crippen LogP contribution in [0.15, 0.2) is 24.3 Å². The third-order valence-electron chi connectivity index (χ3n) is 5.50. The predicted molar refractivity (Wildman–Crippen MR) is 108 cm³/mol. The zero-order valence-electron chi connectivity index (χ0n) is 17.5. The van der Waals surface area contributed by atoms with Crippen LogP contribution in [0.25, 0.3) is 0 Å². The van der Waals surface area contributed by atoms with Crippen LogP contribution in [0.1, 0.15) is 34.6 Å². The Bertz CT molecular complexity index is 695. The van der Waals surface area contributed by atoms with E-state index in [2.05, 4.69) is 33.9 Å². The first-order valence-corrected chi connectivity index (χ1v) is 12.1. The van der Waals surface area contributed by atoms with Crippen LogP contribution < -0.4 is 9.64 Å². The number of β-lactam (4-membered cyclic amide) rings is 1. The number of benzene rings is 1. The van der Waals surface area contributed by atoms with Crippen molar-refractivity contribution in [3.63, 3.8) is 0 Å². The fourth-order valence-electron chi connectivity index (χ4n) is 2.99. The zero-order chi connectivity index (χ0) is 20.6. The van der Waals surface area contributed by atoms with Gasteiger partial charge < -0.3 is 13.9 Å². The number of nitrogens with zero attached hydrogens (tertiary/aromatic N) is 1. The maximum atomic E-state index is 12.7. The largest absolute Gasteiger partial charge is 0.497 e. The van der Waals surface area contributed by atoms with E-state index >= 15 is 0 Å². The van der Waals surface area contributed by atoms with Crippen molar-refractivity contribution in [3.8, 4) is 5.75 Å². The molecule has 0 saturated carbocycles. The summed E-state index contributed by atoms with van der Waals surface area (Å²) in [4.78, 5) is 25.9. The van der Waals surface area contributed by atoms with E-state index in [0.717, 1.165) is 5.69 Å². The molecule has 1 aliphatic heterocycles. The normalized spacial score (nSPS) is 21.5. The second-order valence-corrected chi connectivity index (χ2v) is 13.3. The molecule has 6 nitrogen and oxygen atoms in total. The highest BCUT2D eigenvalue weighted by atomic mass is 28.4. The molecule has 0 aliphatic carbocycles. The molecule has 0 spiro atoms. The van der Waals surface area contributed by atoms with Crippen LogP contribution in [0.3, 0.4) is 0 Å². The molecule has 0 aromatic heterocycles. The van der Waals surface area contributed by atoms with Gasteiger partial charge in [-0.05, 0) is 49.3 Å². The Labute approximate surface area is 162 Å². The molecule has 1 amide bonds. The van der Waals surface area contributed by atoms with E-state index in [9.17, 15) is 9.59 Å². The van der Waals surface area contributed by atoms with Crippen LogP contribution in [-0.2, 0) is 18.8 Å². The minimum Gasteiger partial charge on any atom is -0.497 e. The molecule has 1 aliphatic rings. The van der Waals surface area contributed by atoms with Crippen LogP contribution >= 0.6 is 0 Å². The molecule has 150 valence electrons. The summed E-state index contributed by atoms with van der Waals surface area (Å²) in [6.45, 7) is 14.1. The van der Waals surface area contributed by atoms with Gasteiger partial charge in [0.05, 0.1) is 13.2 Å². The minimum atomic E-state index is -2.05. The fourth-order valence-corrected chi connectivity index (χ4v) is 4.41. The van der Waals surface area contributed by atoms with Gasteiger partial charge in [0.15, 0.2) is 8.32 Å². The topological polar surface area (TPSA) is 65.1 Å². The van der Waals surface area contributed by atoms with Gasteiger partial charge in [-0.1, -0.05) is 20.8 Å². The van der Waals surface area contributed by atoms with E-state index in [4.69, 9.17) is 13.9 Å². The maximum absolute atomic E-state index is 12.7. The Morgan fingerprint density at radius 2 is 1.74 bits per heavy atom. The van der Waals surface area contributed by atoms with E-state index in [1.54, 1.807) is 24.1 Å². The SMILES string of the molecule is COc1ccc(N2C(=O)[C@H](OC(C)=O)[C@@H]2[C@@H](C)O[Si](C)(C)C(C)(C)C)cc1. The van der Waals surface area contributed by atoms with Crippen molar-refractivity contribution in [2.24, 2.45) is 0 Å². The number of hydrogen-bond acceptors (Lipinski definition) is 5. The molecule has 0 radical (unpaired) electrons. The van der Waals surface area contributed by atoms with Crippen LogP contribution in [0, 0.1) is 0 Å². The van der Waals surface area contributed by atoms with E-state index in [1.165, 1.54) is 6.92 Å². The summed E-state index contributed by atoms with van der Waals surface area (Å²) in [7, 11) is -0.453. The van der Waals surface area contributed by atoms with E-state index < -0.39 is 20.4 Å². The second kappa shape index (κ2) is 7.64. The van der Waals surface area contributed by atoms with Crippen molar-refractivity contribution in [3.05, 3.63) is 24.3 Å². The number of methoxy groups -OCH3 is 1. The van der Waals surface area contributed by atoms with Gasteiger partial charge in [-0.3, -0.25) is 14.5 Å². The standard InChI is InChI=1S/C20H31NO5Si/c1-13(26-27(7,8)20(3,4)5)17-18(25-14(2)22)19(23)21(17)15-9-11-16(24-6)12-10-15/h9-13,17-18H,1-8H3/t13-,17+,18-/m1/s1. The lowest BCUT2D eigenvalue weighted by molar-refractivity contribution is -0.163. The maximum Gasteiger partial charge on any atom is 0.303 e. The van der Waals surface area contributed by atoms with Crippen LogP contribution in [0.5, 0.6) is 5.75 Å². The molecule has 1 aromatic rings. The van der Waals surface area contributed by atoms with Gasteiger partial charge in [-0.25, -0.2) is 0 Å². The number of hydrogen-bond donors (Lipinski definition) is 0. The summed E-state index contributed by atoms with van der Waals surface area (Å²) >= 11 is 0. The van der Waals surface area contributed by atoms with Crippen molar-refractivity contribution in [1.29, 1.82) is 0 Å². The summed E-state index contributed by atoms with van der Waals surface area (Å²) < 4.78 is 17.0. The molecule has 7 heteroatoms. The number of esters is 1. The Kier molecular flexibility index (Phi) is 6.06. The van der Waals surface area contributed by atoms with Crippen LogP contribution in [0.2, 0.25) is 18.1 Å². The highest BCUT2D eigenvalue weighted by Gasteiger charge is 2.55. The lowest BCUT2D eigenvalue weighted by atomic mass is 9.92. The molecule has 0 unspecified atom stereocenters. The molecule has 1 saturated heterocycles. The van der Waals surface area contributed by atoms with Gasteiger partial charge in [0, 0.05) is 12.6 Å². The molecular formula is C20H31NO5Si. The summed E-state index contributed by atoms with van der Waals surface area (Å²) in [6, 6.07) is 6.90.